The third-order valence-electron chi connectivity index (χ3n) is 3.45. The molecule has 0 aliphatic heterocycles. The minimum Gasteiger partial charge on any atom is -0.399 e. The Hall–Kier alpha value is -1.98. The van der Waals surface area contributed by atoms with Crippen LogP contribution in [0.15, 0.2) is 18.2 Å². The topological polar surface area (TPSA) is 69.6 Å². The number of nitrogen functional groups attached to an aromatic ring is 1. The molecule has 1 aromatic heterocycles. The maximum absolute atomic E-state index is 13.8. The van der Waals surface area contributed by atoms with Gasteiger partial charge in [-0.25, -0.2) is 9.07 Å². The fourth-order valence-corrected chi connectivity index (χ4v) is 2.28. The summed E-state index contributed by atoms with van der Waals surface area (Å²) in [5, 5.41) is 11.6. The smallest absolute Gasteiger partial charge is 0.185 e. The van der Waals surface area contributed by atoms with E-state index in [9.17, 15) is 4.39 Å². The maximum Gasteiger partial charge on any atom is 0.185 e. The predicted octanol–water partition coefficient (Wildman–Crippen LogP) is 2.03. The largest absolute Gasteiger partial charge is 0.399 e. The lowest BCUT2D eigenvalue weighted by atomic mass is 10.1. The van der Waals surface area contributed by atoms with Gasteiger partial charge in [0.25, 0.3) is 0 Å². The van der Waals surface area contributed by atoms with Crippen LogP contribution in [0, 0.1) is 11.7 Å². The molecule has 0 saturated heterocycles. The maximum atomic E-state index is 13.8. The molecule has 2 unspecified atom stereocenters. The standard InChI is InChI=1S/C12H14FN5/c1-2-7-5-11(7)18-12(15-16-17-18)9-6-8(14)3-4-10(9)13/h3-4,6-7,11H,2,5,14H2,1H3. The molecule has 0 radical (unpaired) electrons. The van der Waals surface area contributed by atoms with Gasteiger partial charge in [0.1, 0.15) is 5.82 Å². The molecule has 3 rings (SSSR count). The zero-order chi connectivity index (χ0) is 12.7. The molecular formula is C12H14FN5. The number of rotatable bonds is 3. The lowest BCUT2D eigenvalue weighted by molar-refractivity contribution is 0.560. The second kappa shape index (κ2) is 4.04. The van der Waals surface area contributed by atoms with Crippen LogP contribution in [0.2, 0.25) is 0 Å². The van der Waals surface area contributed by atoms with Crippen molar-refractivity contribution in [3.63, 3.8) is 0 Å². The monoisotopic (exact) mass is 247 g/mol. The molecule has 1 saturated carbocycles. The first-order valence-corrected chi connectivity index (χ1v) is 6.04. The van der Waals surface area contributed by atoms with E-state index < -0.39 is 0 Å². The van der Waals surface area contributed by atoms with Crippen molar-refractivity contribution in [1.82, 2.24) is 20.2 Å². The average molecular weight is 247 g/mol. The summed E-state index contributed by atoms with van der Waals surface area (Å²) in [5.41, 5.74) is 6.55. The number of halogens is 1. The molecule has 1 aliphatic rings. The molecule has 1 aliphatic carbocycles. The molecule has 2 N–H and O–H groups in total. The summed E-state index contributed by atoms with van der Waals surface area (Å²) in [4.78, 5) is 0. The summed E-state index contributed by atoms with van der Waals surface area (Å²) in [6.45, 7) is 2.13. The Morgan fingerprint density at radius 3 is 3.06 bits per heavy atom. The van der Waals surface area contributed by atoms with Gasteiger partial charge in [-0.15, -0.1) is 5.10 Å². The molecule has 5 nitrogen and oxygen atoms in total. The Kier molecular flexibility index (Phi) is 2.50. The van der Waals surface area contributed by atoms with E-state index in [1.165, 1.54) is 12.1 Å². The summed E-state index contributed by atoms with van der Waals surface area (Å²) in [6, 6.07) is 4.73. The second-order valence-corrected chi connectivity index (χ2v) is 4.66. The molecule has 0 bridgehead atoms. The fourth-order valence-electron chi connectivity index (χ4n) is 2.28. The molecule has 94 valence electrons. The van der Waals surface area contributed by atoms with Gasteiger partial charge in [-0.05, 0) is 41.0 Å². The summed E-state index contributed by atoms with van der Waals surface area (Å²) in [7, 11) is 0. The molecule has 2 aromatic rings. The molecule has 2 atom stereocenters. The third kappa shape index (κ3) is 1.73. The van der Waals surface area contributed by atoms with Gasteiger partial charge in [0.15, 0.2) is 5.82 Å². The van der Waals surface area contributed by atoms with Crippen LogP contribution in [0.3, 0.4) is 0 Å². The molecule has 0 amide bonds. The van der Waals surface area contributed by atoms with Gasteiger partial charge in [0.2, 0.25) is 0 Å². The van der Waals surface area contributed by atoms with E-state index in [-0.39, 0.29) is 5.82 Å². The number of hydrogen-bond donors (Lipinski definition) is 1. The normalized spacial score (nSPS) is 22.1. The molecular weight excluding hydrogens is 233 g/mol. The number of hydrogen-bond acceptors (Lipinski definition) is 4. The predicted molar refractivity (Wildman–Crippen MR) is 65.1 cm³/mol. The molecule has 18 heavy (non-hydrogen) atoms. The highest BCUT2D eigenvalue weighted by molar-refractivity contribution is 5.61. The van der Waals surface area contributed by atoms with Crippen LogP contribution in [0.25, 0.3) is 11.4 Å². The first-order chi connectivity index (χ1) is 8.70. The van der Waals surface area contributed by atoms with Crippen molar-refractivity contribution in [2.75, 3.05) is 5.73 Å². The summed E-state index contributed by atoms with van der Waals surface area (Å²) in [5.74, 6) is 0.700. The van der Waals surface area contributed by atoms with Gasteiger partial charge < -0.3 is 5.73 Å². The van der Waals surface area contributed by atoms with Gasteiger partial charge in [0.05, 0.1) is 11.6 Å². The first-order valence-electron chi connectivity index (χ1n) is 6.04. The highest BCUT2D eigenvalue weighted by Gasteiger charge is 2.40. The molecule has 6 heteroatoms. The minimum atomic E-state index is -0.353. The van der Waals surface area contributed by atoms with Gasteiger partial charge >= 0.3 is 0 Å². The quantitative estimate of drug-likeness (QED) is 0.842. The summed E-state index contributed by atoms with van der Waals surface area (Å²) >= 11 is 0. The van der Waals surface area contributed by atoms with Crippen molar-refractivity contribution >= 4 is 5.69 Å². The van der Waals surface area contributed by atoms with Crippen molar-refractivity contribution in [3.8, 4) is 11.4 Å². The third-order valence-corrected chi connectivity index (χ3v) is 3.45. The van der Waals surface area contributed by atoms with Crippen molar-refractivity contribution in [2.24, 2.45) is 5.92 Å². The number of anilines is 1. The highest BCUT2D eigenvalue weighted by atomic mass is 19.1. The van der Waals surface area contributed by atoms with E-state index in [2.05, 4.69) is 22.4 Å². The van der Waals surface area contributed by atoms with Crippen LogP contribution in [0.1, 0.15) is 25.8 Å². The Labute approximate surface area is 104 Å². The lowest BCUT2D eigenvalue weighted by Gasteiger charge is -2.05. The van der Waals surface area contributed by atoms with E-state index in [0.29, 0.717) is 29.0 Å². The van der Waals surface area contributed by atoms with Crippen LogP contribution in [0.4, 0.5) is 10.1 Å². The number of nitrogens with zero attached hydrogens (tertiary/aromatic N) is 4. The van der Waals surface area contributed by atoms with Crippen LogP contribution in [-0.2, 0) is 0 Å². The minimum absolute atomic E-state index is 0.292. The first kappa shape index (κ1) is 11.1. The number of tetrazole rings is 1. The Morgan fingerprint density at radius 2 is 2.33 bits per heavy atom. The SMILES string of the molecule is CCC1CC1n1nnnc1-c1cc(N)ccc1F. The average Bonchev–Trinajstić information content (AvgIpc) is 3.00. The van der Waals surface area contributed by atoms with Crippen LogP contribution >= 0.6 is 0 Å². The molecule has 1 heterocycles. The van der Waals surface area contributed by atoms with Crippen LogP contribution < -0.4 is 5.73 Å². The van der Waals surface area contributed by atoms with Crippen molar-refractivity contribution in [3.05, 3.63) is 24.0 Å². The van der Waals surface area contributed by atoms with Crippen LogP contribution in [-0.4, -0.2) is 20.2 Å². The van der Waals surface area contributed by atoms with Crippen molar-refractivity contribution in [2.45, 2.75) is 25.8 Å². The summed E-state index contributed by atoms with van der Waals surface area (Å²) < 4.78 is 15.5. The summed E-state index contributed by atoms with van der Waals surface area (Å²) in [6.07, 6.45) is 2.14. The second-order valence-electron chi connectivity index (χ2n) is 4.66. The zero-order valence-corrected chi connectivity index (χ0v) is 10.0. The van der Waals surface area contributed by atoms with Gasteiger partial charge in [-0.2, -0.15) is 0 Å². The number of benzene rings is 1. The van der Waals surface area contributed by atoms with Gasteiger partial charge in [-0.3, -0.25) is 0 Å². The zero-order valence-electron chi connectivity index (χ0n) is 10.0. The Balaban J connectivity index is 2.02. The van der Waals surface area contributed by atoms with Gasteiger partial charge in [-0.1, -0.05) is 13.3 Å². The number of nitrogens with two attached hydrogens (primary N) is 1. The molecule has 1 fully saturated rings. The molecule has 1 aromatic carbocycles. The van der Waals surface area contributed by atoms with Gasteiger partial charge in [0, 0.05) is 5.69 Å². The van der Waals surface area contributed by atoms with E-state index in [1.807, 2.05) is 0 Å². The van der Waals surface area contributed by atoms with E-state index in [0.717, 1.165) is 12.8 Å². The van der Waals surface area contributed by atoms with E-state index >= 15 is 0 Å². The lowest BCUT2D eigenvalue weighted by Crippen LogP contribution is -2.03. The van der Waals surface area contributed by atoms with E-state index in [4.69, 9.17) is 5.73 Å². The Morgan fingerprint density at radius 1 is 1.50 bits per heavy atom. The van der Waals surface area contributed by atoms with E-state index in [1.54, 1.807) is 10.7 Å². The van der Waals surface area contributed by atoms with Crippen molar-refractivity contribution in [1.29, 1.82) is 0 Å². The molecule has 0 spiro atoms. The fraction of sp³-hybridized carbons (Fsp3) is 0.417. The van der Waals surface area contributed by atoms with Crippen molar-refractivity contribution < 1.29 is 4.39 Å². The Bertz CT molecular complexity index is 580. The highest BCUT2D eigenvalue weighted by Crippen LogP contribution is 2.46. The number of aromatic nitrogens is 4. The van der Waals surface area contributed by atoms with Crippen LogP contribution in [0.5, 0.6) is 0 Å².